The van der Waals surface area contributed by atoms with Crippen molar-refractivity contribution in [3.63, 3.8) is 0 Å². The number of anilines is 1. The van der Waals surface area contributed by atoms with E-state index >= 15 is 0 Å². The lowest BCUT2D eigenvalue weighted by molar-refractivity contribution is -0.137. The first kappa shape index (κ1) is 11.5. The minimum Gasteiger partial charge on any atom is -0.396 e. The lowest BCUT2D eigenvalue weighted by Crippen LogP contribution is -2.12. The van der Waals surface area contributed by atoms with Crippen LogP contribution in [-0.4, -0.2) is 5.78 Å². The number of carbonyl (C=O) groups excluding carboxylic acids is 1. The summed E-state index contributed by atoms with van der Waals surface area (Å²) in [5, 5.41) is 0. The normalized spacial score (nSPS) is 11.5. The van der Waals surface area contributed by atoms with Gasteiger partial charge in [-0.2, -0.15) is 13.2 Å². The van der Waals surface area contributed by atoms with E-state index in [1.54, 1.807) is 0 Å². The molecule has 0 unspecified atom stereocenters. The van der Waals surface area contributed by atoms with E-state index in [0.29, 0.717) is 12.1 Å². The second kappa shape index (κ2) is 3.52. The number of rotatable bonds is 1. The maximum atomic E-state index is 13.0. The van der Waals surface area contributed by atoms with E-state index in [1.165, 1.54) is 0 Å². The van der Waals surface area contributed by atoms with Crippen molar-refractivity contribution in [2.45, 2.75) is 13.1 Å². The average molecular weight is 221 g/mol. The molecule has 0 fully saturated rings. The van der Waals surface area contributed by atoms with Gasteiger partial charge in [0.15, 0.2) is 5.78 Å². The zero-order valence-electron chi connectivity index (χ0n) is 7.65. The maximum Gasteiger partial charge on any atom is 0.418 e. The van der Waals surface area contributed by atoms with Crippen molar-refractivity contribution in [3.8, 4) is 0 Å². The van der Waals surface area contributed by atoms with Gasteiger partial charge in [-0.1, -0.05) is 0 Å². The molecule has 0 saturated carbocycles. The van der Waals surface area contributed by atoms with E-state index < -0.39 is 29.0 Å². The molecule has 0 aliphatic carbocycles. The maximum absolute atomic E-state index is 13.0. The SMILES string of the molecule is CC(=O)c1cc(F)c(N)c(C(F)(F)F)c1. The molecule has 0 heterocycles. The van der Waals surface area contributed by atoms with Crippen molar-refractivity contribution < 1.29 is 22.4 Å². The van der Waals surface area contributed by atoms with Gasteiger partial charge in [0.05, 0.1) is 11.3 Å². The first-order valence-electron chi connectivity index (χ1n) is 3.90. The van der Waals surface area contributed by atoms with Crippen molar-refractivity contribution in [1.29, 1.82) is 0 Å². The number of alkyl halides is 3. The van der Waals surface area contributed by atoms with Crippen molar-refractivity contribution in [3.05, 3.63) is 29.1 Å². The molecular weight excluding hydrogens is 214 g/mol. The largest absolute Gasteiger partial charge is 0.418 e. The second-order valence-electron chi connectivity index (χ2n) is 2.97. The van der Waals surface area contributed by atoms with Crippen LogP contribution in [0.2, 0.25) is 0 Å². The van der Waals surface area contributed by atoms with Crippen LogP contribution in [0.3, 0.4) is 0 Å². The smallest absolute Gasteiger partial charge is 0.396 e. The number of nitrogens with two attached hydrogens (primary N) is 1. The Labute approximate surface area is 82.7 Å². The van der Waals surface area contributed by atoms with Crippen LogP contribution in [0.4, 0.5) is 23.2 Å². The highest BCUT2D eigenvalue weighted by atomic mass is 19.4. The zero-order chi connectivity index (χ0) is 11.8. The Kier molecular flexibility index (Phi) is 2.70. The van der Waals surface area contributed by atoms with Crippen molar-refractivity contribution in [2.24, 2.45) is 0 Å². The van der Waals surface area contributed by atoms with E-state index in [-0.39, 0.29) is 5.56 Å². The zero-order valence-corrected chi connectivity index (χ0v) is 7.65. The number of hydrogen-bond acceptors (Lipinski definition) is 2. The van der Waals surface area contributed by atoms with Gasteiger partial charge in [-0.25, -0.2) is 4.39 Å². The van der Waals surface area contributed by atoms with Gasteiger partial charge in [-0.3, -0.25) is 4.79 Å². The Balaban J connectivity index is 3.45. The van der Waals surface area contributed by atoms with Gasteiger partial charge in [0.2, 0.25) is 0 Å². The van der Waals surface area contributed by atoms with Gasteiger partial charge in [0.25, 0.3) is 0 Å². The molecule has 0 bridgehead atoms. The predicted octanol–water partition coefficient (Wildman–Crippen LogP) is 2.63. The lowest BCUT2D eigenvalue weighted by atomic mass is 10.1. The van der Waals surface area contributed by atoms with Crippen molar-refractivity contribution in [2.75, 3.05) is 5.73 Å². The lowest BCUT2D eigenvalue weighted by Gasteiger charge is -2.11. The van der Waals surface area contributed by atoms with Crippen LogP contribution in [0.1, 0.15) is 22.8 Å². The van der Waals surface area contributed by atoms with E-state index in [1.807, 2.05) is 0 Å². The standard InChI is InChI=1S/C9H7F4NO/c1-4(15)5-2-6(9(11,12)13)8(14)7(10)3-5/h2-3H,14H2,1H3. The monoisotopic (exact) mass is 221 g/mol. The minimum absolute atomic E-state index is 0.353. The molecule has 15 heavy (non-hydrogen) atoms. The third-order valence-electron chi connectivity index (χ3n) is 1.84. The molecule has 6 heteroatoms. The molecule has 2 nitrogen and oxygen atoms in total. The fraction of sp³-hybridized carbons (Fsp3) is 0.222. The molecule has 1 aromatic rings. The van der Waals surface area contributed by atoms with Crippen LogP contribution in [-0.2, 0) is 6.18 Å². The van der Waals surface area contributed by atoms with E-state index in [0.717, 1.165) is 6.92 Å². The highest BCUT2D eigenvalue weighted by Gasteiger charge is 2.34. The predicted molar refractivity (Wildman–Crippen MR) is 45.8 cm³/mol. The molecule has 0 aliphatic heterocycles. The first-order valence-corrected chi connectivity index (χ1v) is 3.90. The minimum atomic E-state index is -4.77. The molecule has 2 N–H and O–H groups in total. The average Bonchev–Trinajstić information content (AvgIpc) is 2.06. The topological polar surface area (TPSA) is 43.1 Å². The Morgan fingerprint density at radius 2 is 1.87 bits per heavy atom. The second-order valence-corrected chi connectivity index (χ2v) is 2.97. The van der Waals surface area contributed by atoms with Gasteiger partial charge in [-0.15, -0.1) is 0 Å². The van der Waals surface area contributed by atoms with Crippen LogP contribution in [0.25, 0.3) is 0 Å². The first-order chi connectivity index (χ1) is 6.73. The third-order valence-corrected chi connectivity index (χ3v) is 1.84. The number of Topliss-reactive ketones (excluding diaryl/α,β-unsaturated/α-hetero) is 1. The molecule has 0 aromatic heterocycles. The summed E-state index contributed by atoms with van der Waals surface area (Å²) in [5.74, 6) is -1.89. The summed E-state index contributed by atoms with van der Waals surface area (Å²) in [7, 11) is 0. The quantitative estimate of drug-likeness (QED) is 0.450. The number of nitrogen functional groups attached to an aromatic ring is 1. The number of halogens is 4. The van der Waals surface area contributed by atoms with Gasteiger partial charge in [0, 0.05) is 5.56 Å². The van der Waals surface area contributed by atoms with E-state index in [2.05, 4.69) is 0 Å². The summed E-state index contributed by atoms with van der Waals surface area (Å²) in [6, 6.07) is 1.23. The van der Waals surface area contributed by atoms with Crippen LogP contribution in [0.15, 0.2) is 12.1 Å². The summed E-state index contributed by atoms with van der Waals surface area (Å²) >= 11 is 0. The highest BCUT2D eigenvalue weighted by Crippen LogP contribution is 2.35. The summed E-state index contributed by atoms with van der Waals surface area (Å²) in [6.45, 7) is 1.05. The van der Waals surface area contributed by atoms with E-state index in [4.69, 9.17) is 5.73 Å². The van der Waals surface area contributed by atoms with Crippen LogP contribution in [0, 0.1) is 5.82 Å². The Morgan fingerprint density at radius 1 is 1.33 bits per heavy atom. The van der Waals surface area contributed by atoms with Gasteiger partial charge in [0.1, 0.15) is 5.82 Å². The molecule has 1 rings (SSSR count). The summed E-state index contributed by atoms with van der Waals surface area (Å²) < 4.78 is 49.9. The fourth-order valence-corrected chi connectivity index (χ4v) is 1.06. The third kappa shape index (κ3) is 2.26. The number of hydrogen-bond donors (Lipinski definition) is 1. The van der Waals surface area contributed by atoms with Gasteiger partial charge >= 0.3 is 6.18 Å². The molecule has 1 aromatic carbocycles. The summed E-state index contributed by atoms with van der Waals surface area (Å²) in [6.07, 6.45) is -4.77. The number of carbonyl (C=O) groups is 1. The molecule has 0 amide bonds. The highest BCUT2D eigenvalue weighted by molar-refractivity contribution is 5.94. The van der Waals surface area contributed by atoms with Gasteiger partial charge < -0.3 is 5.73 Å². The molecule has 0 radical (unpaired) electrons. The Morgan fingerprint density at radius 3 is 2.27 bits per heavy atom. The Hall–Kier alpha value is -1.59. The summed E-state index contributed by atoms with van der Waals surface area (Å²) in [4.78, 5) is 10.8. The molecule has 0 saturated heterocycles. The van der Waals surface area contributed by atoms with Crippen LogP contribution < -0.4 is 5.73 Å². The molecule has 0 spiro atoms. The fourth-order valence-electron chi connectivity index (χ4n) is 1.06. The van der Waals surface area contributed by atoms with Crippen molar-refractivity contribution >= 4 is 11.5 Å². The van der Waals surface area contributed by atoms with Gasteiger partial charge in [-0.05, 0) is 19.1 Å². The van der Waals surface area contributed by atoms with E-state index in [9.17, 15) is 22.4 Å². The molecule has 0 aliphatic rings. The number of ketones is 1. The number of benzene rings is 1. The van der Waals surface area contributed by atoms with Crippen LogP contribution in [0.5, 0.6) is 0 Å². The van der Waals surface area contributed by atoms with Crippen LogP contribution >= 0.6 is 0 Å². The summed E-state index contributed by atoms with van der Waals surface area (Å²) in [5.41, 5.74) is 2.26. The Bertz CT molecular complexity index is 411. The van der Waals surface area contributed by atoms with Crippen molar-refractivity contribution in [1.82, 2.24) is 0 Å². The molecule has 0 atom stereocenters. The molecular formula is C9H7F4NO. The molecule has 82 valence electrons.